The fourth-order valence-corrected chi connectivity index (χ4v) is 3.57. The maximum atomic E-state index is 13.0. The van der Waals surface area contributed by atoms with Gasteiger partial charge in [0.2, 0.25) is 12.5 Å². The van der Waals surface area contributed by atoms with E-state index in [0.29, 0.717) is 17.7 Å². The van der Waals surface area contributed by atoms with E-state index in [9.17, 15) is 19.7 Å². The van der Waals surface area contributed by atoms with Crippen molar-refractivity contribution >= 4 is 12.0 Å². The van der Waals surface area contributed by atoms with Gasteiger partial charge in [-0.05, 0) is 18.1 Å². The number of rotatable bonds is 8. The predicted octanol–water partition coefficient (Wildman–Crippen LogP) is 3.04. The highest BCUT2D eigenvalue weighted by Gasteiger charge is 2.39. The molecule has 2 atom stereocenters. The maximum Gasteiger partial charge on any atom is 0.416 e. The molecule has 0 N–H and O–H groups in total. The Bertz CT molecular complexity index is 886. The number of amides is 2. The minimum atomic E-state index is -0.723. The van der Waals surface area contributed by atoms with Crippen LogP contribution in [0, 0.1) is 10.1 Å². The van der Waals surface area contributed by atoms with E-state index in [1.54, 1.807) is 24.3 Å². The van der Waals surface area contributed by atoms with Crippen molar-refractivity contribution in [3.63, 3.8) is 0 Å². The summed E-state index contributed by atoms with van der Waals surface area (Å²) in [7, 11) is 1.47. The highest BCUT2D eigenvalue weighted by molar-refractivity contribution is 5.94. The average Bonchev–Trinajstić information content (AvgIpc) is 3.08. The molecular weight excluding hydrogens is 376 g/mol. The minimum Gasteiger partial charge on any atom is -0.496 e. The molecule has 8 nitrogen and oxygen atoms in total. The zero-order valence-electron chi connectivity index (χ0n) is 16.0. The van der Waals surface area contributed by atoms with Crippen LogP contribution in [-0.2, 0) is 16.0 Å². The van der Waals surface area contributed by atoms with Gasteiger partial charge in [-0.2, -0.15) is 0 Å². The monoisotopic (exact) mass is 398 g/mol. The van der Waals surface area contributed by atoms with E-state index in [1.165, 1.54) is 7.11 Å². The third-order valence-electron chi connectivity index (χ3n) is 4.91. The van der Waals surface area contributed by atoms with Gasteiger partial charge in [-0.1, -0.05) is 48.5 Å². The van der Waals surface area contributed by atoms with Gasteiger partial charge in [-0.25, -0.2) is 9.69 Å². The van der Waals surface area contributed by atoms with Crippen LogP contribution in [0.3, 0.4) is 0 Å². The molecule has 1 heterocycles. The van der Waals surface area contributed by atoms with Crippen molar-refractivity contribution in [2.75, 3.05) is 20.3 Å². The summed E-state index contributed by atoms with van der Waals surface area (Å²) in [6, 6.07) is 15.9. The molecule has 0 spiro atoms. The molecule has 0 saturated carbocycles. The first-order valence-corrected chi connectivity index (χ1v) is 9.27. The summed E-state index contributed by atoms with van der Waals surface area (Å²) in [6.45, 7) is -0.341. The average molecular weight is 398 g/mol. The lowest BCUT2D eigenvalue weighted by Gasteiger charge is -2.22. The Kier molecular flexibility index (Phi) is 6.43. The van der Waals surface area contributed by atoms with Gasteiger partial charge < -0.3 is 9.47 Å². The SMILES string of the molecule is COc1ccccc1[C@@H](CC(=O)N1C(=O)OC[C@H]1Cc1ccccc1)C[N+](=O)[O-]. The third kappa shape index (κ3) is 4.90. The molecule has 0 aliphatic carbocycles. The van der Waals surface area contributed by atoms with Crippen molar-refractivity contribution in [1.82, 2.24) is 4.90 Å². The summed E-state index contributed by atoms with van der Waals surface area (Å²) in [6.07, 6.45) is -0.440. The molecule has 1 saturated heterocycles. The normalized spacial score (nSPS) is 16.9. The van der Waals surface area contributed by atoms with Crippen LogP contribution >= 0.6 is 0 Å². The number of carbonyl (C=O) groups excluding carboxylic acids is 2. The van der Waals surface area contributed by atoms with E-state index in [4.69, 9.17) is 9.47 Å². The lowest BCUT2D eigenvalue weighted by atomic mass is 9.93. The summed E-state index contributed by atoms with van der Waals surface area (Å²) in [4.78, 5) is 37.0. The smallest absolute Gasteiger partial charge is 0.416 e. The third-order valence-corrected chi connectivity index (χ3v) is 4.91. The second-order valence-electron chi connectivity index (χ2n) is 6.84. The van der Waals surface area contributed by atoms with Crippen molar-refractivity contribution in [1.29, 1.82) is 0 Å². The van der Waals surface area contributed by atoms with Crippen LogP contribution in [0.1, 0.15) is 23.5 Å². The van der Waals surface area contributed by atoms with Crippen molar-refractivity contribution in [3.05, 3.63) is 75.8 Å². The first kappa shape index (κ1) is 20.3. The Balaban J connectivity index is 1.80. The lowest BCUT2D eigenvalue weighted by Crippen LogP contribution is -2.41. The van der Waals surface area contributed by atoms with Gasteiger partial charge in [-0.15, -0.1) is 0 Å². The second-order valence-corrected chi connectivity index (χ2v) is 6.84. The molecular formula is C21H22N2O6. The van der Waals surface area contributed by atoms with Gasteiger partial charge >= 0.3 is 6.09 Å². The summed E-state index contributed by atoms with van der Waals surface area (Å²) in [5, 5.41) is 11.2. The van der Waals surface area contributed by atoms with E-state index >= 15 is 0 Å². The number of para-hydroxylation sites is 1. The molecule has 152 valence electrons. The molecule has 0 bridgehead atoms. The fraction of sp³-hybridized carbons (Fsp3) is 0.333. The molecule has 1 aliphatic heterocycles. The number of benzene rings is 2. The number of hydrogen-bond acceptors (Lipinski definition) is 6. The van der Waals surface area contributed by atoms with E-state index < -0.39 is 35.4 Å². The largest absolute Gasteiger partial charge is 0.496 e. The summed E-state index contributed by atoms with van der Waals surface area (Å²) in [5.74, 6) is -0.748. The van der Waals surface area contributed by atoms with Gasteiger partial charge in [0, 0.05) is 16.9 Å². The van der Waals surface area contributed by atoms with Crippen molar-refractivity contribution in [3.8, 4) is 5.75 Å². The zero-order chi connectivity index (χ0) is 20.8. The maximum absolute atomic E-state index is 13.0. The second kappa shape index (κ2) is 9.18. The first-order valence-electron chi connectivity index (χ1n) is 9.27. The number of nitro groups is 1. The van der Waals surface area contributed by atoms with E-state index in [1.807, 2.05) is 30.3 Å². The van der Waals surface area contributed by atoms with Crippen LogP contribution in [0.2, 0.25) is 0 Å². The van der Waals surface area contributed by atoms with Crippen molar-refractivity contribution in [2.24, 2.45) is 0 Å². The molecule has 0 radical (unpaired) electrons. The first-order chi connectivity index (χ1) is 14.0. The quantitative estimate of drug-likeness (QED) is 0.501. The zero-order valence-corrected chi connectivity index (χ0v) is 16.0. The minimum absolute atomic E-state index is 0.105. The molecule has 1 aliphatic rings. The van der Waals surface area contributed by atoms with Gasteiger partial charge in [0.1, 0.15) is 12.4 Å². The van der Waals surface area contributed by atoms with Gasteiger partial charge in [0.25, 0.3) is 0 Å². The number of nitrogens with zero attached hydrogens (tertiary/aromatic N) is 2. The Morgan fingerprint density at radius 3 is 2.62 bits per heavy atom. The Morgan fingerprint density at radius 1 is 1.24 bits per heavy atom. The van der Waals surface area contributed by atoms with Crippen LogP contribution in [0.15, 0.2) is 54.6 Å². The van der Waals surface area contributed by atoms with Crippen molar-refractivity contribution < 1.29 is 24.0 Å². The number of cyclic esters (lactones) is 1. The fourth-order valence-electron chi connectivity index (χ4n) is 3.57. The van der Waals surface area contributed by atoms with Crippen LogP contribution in [0.4, 0.5) is 4.79 Å². The van der Waals surface area contributed by atoms with E-state index in [0.717, 1.165) is 10.5 Å². The van der Waals surface area contributed by atoms with Crippen molar-refractivity contribution in [2.45, 2.75) is 24.8 Å². The van der Waals surface area contributed by atoms with E-state index in [2.05, 4.69) is 0 Å². The van der Waals surface area contributed by atoms with E-state index in [-0.39, 0.29) is 13.0 Å². The Hall–Kier alpha value is -3.42. The summed E-state index contributed by atoms with van der Waals surface area (Å²) in [5.41, 5.74) is 1.53. The highest BCUT2D eigenvalue weighted by atomic mass is 16.6. The number of imide groups is 1. The molecule has 8 heteroatoms. The molecule has 2 aromatic carbocycles. The van der Waals surface area contributed by atoms with Gasteiger partial charge in [0.15, 0.2) is 0 Å². The highest BCUT2D eigenvalue weighted by Crippen LogP contribution is 2.31. The number of hydrogen-bond donors (Lipinski definition) is 0. The molecule has 2 aromatic rings. The molecule has 29 heavy (non-hydrogen) atoms. The standard InChI is InChI=1S/C21H22N2O6/c1-28-19-10-6-5-9-18(19)16(13-22(26)27)12-20(24)23-17(14-29-21(23)25)11-15-7-3-2-4-8-15/h2-10,16-17H,11-14H2,1H3/t16-,17+/m0/s1. The lowest BCUT2D eigenvalue weighted by molar-refractivity contribution is -0.483. The Labute approximate surface area is 168 Å². The van der Waals surface area contributed by atoms with Crippen LogP contribution < -0.4 is 4.74 Å². The number of methoxy groups -OCH3 is 1. The Morgan fingerprint density at radius 2 is 1.93 bits per heavy atom. The van der Waals surface area contributed by atoms with Gasteiger partial charge in [-0.3, -0.25) is 14.9 Å². The molecule has 0 unspecified atom stereocenters. The molecule has 0 aromatic heterocycles. The van der Waals surface area contributed by atoms with Crippen LogP contribution in [-0.4, -0.2) is 48.1 Å². The van der Waals surface area contributed by atoms with Crippen LogP contribution in [0.25, 0.3) is 0 Å². The molecule has 2 amide bonds. The summed E-state index contributed by atoms with van der Waals surface area (Å²) >= 11 is 0. The molecule has 1 fully saturated rings. The predicted molar refractivity (Wildman–Crippen MR) is 104 cm³/mol. The molecule has 3 rings (SSSR count). The number of ether oxygens (including phenoxy) is 2. The number of carbonyl (C=O) groups is 2. The van der Waals surface area contributed by atoms with Crippen LogP contribution in [0.5, 0.6) is 5.75 Å². The summed E-state index contributed by atoms with van der Waals surface area (Å²) < 4.78 is 10.4. The van der Waals surface area contributed by atoms with Gasteiger partial charge in [0.05, 0.1) is 19.1 Å². The topological polar surface area (TPSA) is 99.0 Å².